The minimum atomic E-state index is 0.0940. The monoisotopic (exact) mass is 250 g/mol. The second-order valence-electron chi connectivity index (χ2n) is 6.15. The van der Waals surface area contributed by atoms with Crippen molar-refractivity contribution in [3.8, 4) is 5.75 Å². The van der Waals surface area contributed by atoms with Crippen molar-refractivity contribution in [1.29, 1.82) is 0 Å². The second-order valence-corrected chi connectivity index (χ2v) is 6.15. The Morgan fingerprint density at radius 2 is 1.94 bits per heavy atom. The van der Waals surface area contributed by atoms with Crippen LogP contribution in [0.15, 0.2) is 18.5 Å². The van der Waals surface area contributed by atoms with Gasteiger partial charge >= 0.3 is 0 Å². The number of nitrogens with one attached hydrogen (secondary N) is 1. The molecule has 1 unspecified atom stereocenters. The number of hydrogen-bond acceptors (Lipinski definition) is 3. The molecule has 1 heterocycles. The average Bonchev–Trinajstić information content (AvgIpc) is 2.26. The molecule has 0 saturated heterocycles. The Balaban J connectivity index is 2.73. The molecule has 0 aromatic carbocycles. The van der Waals surface area contributed by atoms with E-state index in [4.69, 9.17) is 4.74 Å². The van der Waals surface area contributed by atoms with Crippen molar-refractivity contribution in [2.24, 2.45) is 5.92 Å². The fourth-order valence-electron chi connectivity index (χ4n) is 1.36. The van der Waals surface area contributed by atoms with Gasteiger partial charge in [0.2, 0.25) is 0 Å². The molecule has 1 rings (SSSR count). The maximum absolute atomic E-state index is 5.99. The first-order valence-corrected chi connectivity index (χ1v) is 6.64. The third kappa shape index (κ3) is 5.05. The summed E-state index contributed by atoms with van der Waals surface area (Å²) >= 11 is 0. The van der Waals surface area contributed by atoms with Crippen molar-refractivity contribution < 1.29 is 4.74 Å². The number of rotatable bonds is 5. The van der Waals surface area contributed by atoms with Gasteiger partial charge in [-0.05, 0) is 39.7 Å². The smallest absolute Gasteiger partial charge is 0.127 e. The summed E-state index contributed by atoms with van der Waals surface area (Å²) in [6.45, 7) is 13.7. The van der Waals surface area contributed by atoms with E-state index in [1.165, 1.54) is 0 Å². The van der Waals surface area contributed by atoms with Crippen LogP contribution in [-0.2, 0) is 6.54 Å². The van der Waals surface area contributed by atoms with Gasteiger partial charge in [-0.3, -0.25) is 4.98 Å². The molecule has 18 heavy (non-hydrogen) atoms. The van der Waals surface area contributed by atoms with Crippen LogP contribution >= 0.6 is 0 Å². The lowest BCUT2D eigenvalue weighted by Gasteiger charge is -2.23. The molecular formula is C15H26N2O. The number of hydrogen-bond donors (Lipinski definition) is 1. The van der Waals surface area contributed by atoms with E-state index in [-0.39, 0.29) is 11.6 Å². The Bertz CT molecular complexity index is 369. The van der Waals surface area contributed by atoms with Crippen LogP contribution in [0.25, 0.3) is 0 Å². The minimum Gasteiger partial charge on any atom is -0.490 e. The molecule has 1 atom stereocenters. The second kappa shape index (κ2) is 6.19. The highest BCUT2D eigenvalue weighted by molar-refractivity contribution is 5.30. The van der Waals surface area contributed by atoms with E-state index in [0.29, 0.717) is 5.92 Å². The SMILES string of the molecule is CC(C)C(C)Oc1ccncc1CNC(C)(C)C. The number of nitrogens with zero attached hydrogens (tertiary/aromatic N) is 1. The lowest BCUT2D eigenvalue weighted by atomic mass is 10.1. The van der Waals surface area contributed by atoms with Gasteiger partial charge in [-0.15, -0.1) is 0 Å². The first-order valence-electron chi connectivity index (χ1n) is 6.64. The van der Waals surface area contributed by atoms with E-state index < -0.39 is 0 Å². The van der Waals surface area contributed by atoms with Gasteiger partial charge in [-0.1, -0.05) is 13.8 Å². The molecular weight excluding hydrogens is 224 g/mol. The Morgan fingerprint density at radius 1 is 1.28 bits per heavy atom. The lowest BCUT2D eigenvalue weighted by Crippen LogP contribution is -2.35. The Kier molecular flexibility index (Phi) is 5.15. The molecule has 0 amide bonds. The molecule has 0 radical (unpaired) electrons. The molecule has 1 aromatic heterocycles. The van der Waals surface area contributed by atoms with Crippen LogP contribution in [0.4, 0.5) is 0 Å². The Labute approximate surface area is 111 Å². The van der Waals surface area contributed by atoms with E-state index in [1.54, 1.807) is 6.20 Å². The third-order valence-corrected chi connectivity index (χ3v) is 2.92. The van der Waals surface area contributed by atoms with E-state index >= 15 is 0 Å². The van der Waals surface area contributed by atoms with Crippen LogP contribution in [0, 0.1) is 5.92 Å². The molecule has 102 valence electrons. The summed E-state index contributed by atoms with van der Waals surface area (Å²) in [5.74, 6) is 1.43. The van der Waals surface area contributed by atoms with Crippen molar-refractivity contribution in [2.45, 2.75) is 59.7 Å². The number of pyridine rings is 1. The van der Waals surface area contributed by atoms with E-state index in [9.17, 15) is 0 Å². The highest BCUT2D eigenvalue weighted by Crippen LogP contribution is 2.20. The average molecular weight is 250 g/mol. The molecule has 1 N–H and O–H groups in total. The van der Waals surface area contributed by atoms with Crippen LogP contribution < -0.4 is 10.1 Å². The Morgan fingerprint density at radius 3 is 2.50 bits per heavy atom. The molecule has 1 aromatic rings. The topological polar surface area (TPSA) is 34.1 Å². The van der Waals surface area contributed by atoms with Crippen molar-refractivity contribution in [2.75, 3.05) is 0 Å². The largest absolute Gasteiger partial charge is 0.490 e. The maximum atomic E-state index is 5.99. The molecule has 0 saturated carbocycles. The van der Waals surface area contributed by atoms with Crippen molar-refractivity contribution in [1.82, 2.24) is 10.3 Å². The van der Waals surface area contributed by atoms with Gasteiger partial charge in [-0.2, -0.15) is 0 Å². The summed E-state index contributed by atoms with van der Waals surface area (Å²) in [4.78, 5) is 4.18. The van der Waals surface area contributed by atoms with Gasteiger partial charge in [0.05, 0.1) is 6.10 Å². The summed E-state index contributed by atoms with van der Waals surface area (Å²) in [5.41, 5.74) is 1.21. The third-order valence-electron chi connectivity index (χ3n) is 2.92. The number of ether oxygens (including phenoxy) is 1. The summed E-state index contributed by atoms with van der Waals surface area (Å²) < 4.78 is 5.99. The van der Waals surface area contributed by atoms with E-state index in [1.807, 2.05) is 12.3 Å². The highest BCUT2D eigenvalue weighted by atomic mass is 16.5. The first-order chi connectivity index (χ1) is 8.29. The van der Waals surface area contributed by atoms with Gasteiger partial charge in [0.25, 0.3) is 0 Å². The molecule has 0 aliphatic rings. The van der Waals surface area contributed by atoms with Gasteiger partial charge in [0, 0.05) is 30.0 Å². The molecule has 3 nitrogen and oxygen atoms in total. The first kappa shape index (κ1) is 15.0. The van der Waals surface area contributed by atoms with Crippen LogP contribution in [0.3, 0.4) is 0 Å². The Hall–Kier alpha value is -1.09. The summed E-state index contributed by atoms with van der Waals surface area (Å²) in [7, 11) is 0. The zero-order valence-electron chi connectivity index (χ0n) is 12.4. The van der Waals surface area contributed by atoms with Crippen molar-refractivity contribution in [3.05, 3.63) is 24.0 Å². The molecule has 0 bridgehead atoms. The van der Waals surface area contributed by atoms with Crippen LogP contribution in [0.1, 0.15) is 47.1 Å². The summed E-state index contributed by atoms with van der Waals surface area (Å²) in [5, 5.41) is 3.46. The normalized spacial score (nSPS) is 13.7. The predicted octanol–water partition coefficient (Wildman–Crippen LogP) is 3.39. The number of aromatic nitrogens is 1. The summed E-state index contributed by atoms with van der Waals surface area (Å²) in [6.07, 6.45) is 3.87. The predicted molar refractivity (Wildman–Crippen MR) is 75.8 cm³/mol. The van der Waals surface area contributed by atoms with Crippen LogP contribution in [0.5, 0.6) is 5.75 Å². The zero-order chi connectivity index (χ0) is 13.8. The van der Waals surface area contributed by atoms with E-state index in [0.717, 1.165) is 17.9 Å². The van der Waals surface area contributed by atoms with E-state index in [2.05, 4.69) is 51.8 Å². The van der Waals surface area contributed by atoms with Gasteiger partial charge in [0.1, 0.15) is 5.75 Å². The van der Waals surface area contributed by atoms with Gasteiger partial charge < -0.3 is 10.1 Å². The molecule has 3 heteroatoms. The fourth-order valence-corrected chi connectivity index (χ4v) is 1.36. The van der Waals surface area contributed by atoms with Crippen LogP contribution in [0.2, 0.25) is 0 Å². The van der Waals surface area contributed by atoms with Crippen LogP contribution in [-0.4, -0.2) is 16.6 Å². The molecule has 0 aliphatic heterocycles. The molecule has 0 spiro atoms. The molecule has 0 aliphatic carbocycles. The van der Waals surface area contributed by atoms with Gasteiger partial charge in [0.15, 0.2) is 0 Å². The highest BCUT2D eigenvalue weighted by Gasteiger charge is 2.14. The lowest BCUT2D eigenvalue weighted by molar-refractivity contribution is 0.168. The van der Waals surface area contributed by atoms with Gasteiger partial charge in [-0.25, -0.2) is 0 Å². The summed E-state index contributed by atoms with van der Waals surface area (Å²) in [6, 6.07) is 1.94. The van der Waals surface area contributed by atoms with Crippen molar-refractivity contribution in [3.63, 3.8) is 0 Å². The molecule has 0 fully saturated rings. The zero-order valence-corrected chi connectivity index (χ0v) is 12.4. The quantitative estimate of drug-likeness (QED) is 0.869. The van der Waals surface area contributed by atoms with Crippen molar-refractivity contribution >= 4 is 0 Å². The standard InChI is InChI=1S/C15H26N2O/c1-11(2)12(3)18-14-7-8-16-9-13(14)10-17-15(4,5)6/h7-9,11-12,17H,10H2,1-6H3. The fraction of sp³-hybridized carbons (Fsp3) is 0.667. The minimum absolute atomic E-state index is 0.0940. The maximum Gasteiger partial charge on any atom is 0.127 e.